The van der Waals surface area contributed by atoms with Crippen LogP contribution in [0, 0.1) is 12.7 Å². The molecule has 0 saturated carbocycles. The minimum atomic E-state index is -0.304. The molecule has 0 radical (unpaired) electrons. The van der Waals surface area contributed by atoms with Crippen LogP contribution in [0.4, 0.5) is 4.39 Å². The van der Waals surface area contributed by atoms with Crippen molar-refractivity contribution in [3.05, 3.63) is 35.5 Å². The van der Waals surface area contributed by atoms with Crippen LogP contribution in [0.3, 0.4) is 0 Å². The molecule has 0 bridgehead atoms. The summed E-state index contributed by atoms with van der Waals surface area (Å²) in [5.41, 5.74) is 1.13. The molecule has 1 aliphatic heterocycles. The number of nitrogens with zero attached hydrogens (tertiary/aromatic N) is 3. The summed E-state index contributed by atoms with van der Waals surface area (Å²) in [4.78, 5) is 18.4. The van der Waals surface area contributed by atoms with Gasteiger partial charge in [0.05, 0.1) is 0 Å². The van der Waals surface area contributed by atoms with Gasteiger partial charge in [-0.1, -0.05) is 17.3 Å². The monoisotopic (exact) mass is 368 g/mol. The van der Waals surface area contributed by atoms with Crippen molar-refractivity contribution in [2.75, 3.05) is 19.6 Å². The van der Waals surface area contributed by atoms with E-state index in [-0.39, 0.29) is 30.2 Å². The molecule has 136 valence electrons. The third-order valence-electron chi connectivity index (χ3n) is 4.27. The number of benzene rings is 1. The summed E-state index contributed by atoms with van der Waals surface area (Å²) in [5.74, 6) is 0.515. The fourth-order valence-electron chi connectivity index (χ4n) is 2.77. The molecule has 2 heterocycles. The molecule has 1 amide bonds. The lowest BCUT2D eigenvalue weighted by atomic mass is 10.1. The highest BCUT2D eigenvalue weighted by molar-refractivity contribution is 5.85. The Kier molecular flexibility index (Phi) is 6.50. The van der Waals surface area contributed by atoms with Gasteiger partial charge < -0.3 is 14.7 Å². The number of piperazine rings is 1. The number of amides is 1. The first-order chi connectivity index (χ1) is 11.5. The predicted octanol–water partition coefficient (Wildman–Crippen LogP) is 2.36. The van der Waals surface area contributed by atoms with E-state index in [4.69, 9.17) is 4.52 Å². The Labute approximate surface area is 152 Å². The maximum Gasteiger partial charge on any atom is 0.227 e. The van der Waals surface area contributed by atoms with Crippen molar-refractivity contribution < 1.29 is 13.7 Å². The summed E-state index contributed by atoms with van der Waals surface area (Å²) in [6, 6.07) is 5.01. The second kappa shape index (κ2) is 8.40. The lowest BCUT2D eigenvalue weighted by Gasteiger charge is -2.34. The van der Waals surface area contributed by atoms with Gasteiger partial charge in [-0.25, -0.2) is 4.39 Å². The van der Waals surface area contributed by atoms with Crippen LogP contribution in [0.15, 0.2) is 22.7 Å². The third-order valence-corrected chi connectivity index (χ3v) is 4.27. The zero-order valence-corrected chi connectivity index (χ0v) is 15.1. The first-order valence-corrected chi connectivity index (χ1v) is 8.14. The summed E-state index contributed by atoms with van der Waals surface area (Å²) in [7, 11) is 0. The molecule has 25 heavy (non-hydrogen) atoms. The van der Waals surface area contributed by atoms with Gasteiger partial charge >= 0.3 is 0 Å². The highest BCUT2D eigenvalue weighted by atomic mass is 35.5. The summed E-state index contributed by atoms with van der Waals surface area (Å²) in [5, 5.41) is 7.13. The normalized spacial score (nSPS) is 17.2. The fraction of sp³-hybridized carbons (Fsp3) is 0.471. The molecule has 1 aromatic heterocycles. The van der Waals surface area contributed by atoms with Crippen LogP contribution < -0.4 is 5.32 Å². The lowest BCUT2D eigenvalue weighted by Crippen LogP contribution is -2.52. The molecular weight excluding hydrogens is 347 g/mol. The van der Waals surface area contributed by atoms with Crippen molar-refractivity contribution in [2.24, 2.45) is 0 Å². The van der Waals surface area contributed by atoms with Crippen LogP contribution >= 0.6 is 12.4 Å². The van der Waals surface area contributed by atoms with Crippen LogP contribution in [0.5, 0.6) is 0 Å². The third kappa shape index (κ3) is 4.55. The molecule has 1 saturated heterocycles. The van der Waals surface area contributed by atoms with Crippen LogP contribution in [-0.4, -0.2) is 46.6 Å². The molecule has 1 fully saturated rings. The number of rotatable bonds is 4. The quantitative estimate of drug-likeness (QED) is 0.897. The summed E-state index contributed by atoms with van der Waals surface area (Å²) >= 11 is 0. The van der Waals surface area contributed by atoms with Gasteiger partial charge in [0, 0.05) is 44.1 Å². The van der Waals surface area contributed by atoms with Gasteiger partial charge in [-0.15, -0.1) is 12.4 Å². The fourth-order valence-corrected chi connectivity index (χ4v) is 2.77. The molecule has 6 nitrogen and oxygen atoms in total. The van der Waals surface area contributed by atoms with E-state index in [1.165, 1.54) is 6.07 Å². The summed E-state index contributed by atoms with van der Waals surface area (Å²) in [6.07, 6.45) is 0.713. The molecule has 1 aromatic carbocycles. The van der Waals surface area contributed by atoms with E-state index in [9.17, 15) is 9.18 Å². The Balaban J connectivity index is 0.00000225. The summed E-state index contributed by atoms with van der Waals surface area (Å²) < 4.78 is 18.8. The largest absolute Gasteiger partial charge is 0.339 e. The molecule has 2 aromatic rings. The number of nitrogens with one attached hydrogen (secondary N) is 1. The first-order valence-electron chi connectivity index (χ1n) is 8.14. The SMILES string of the molecule is Cc1ccc(-c2noc(CCC(=O)N3CCNC[C@H]3C)n2)cc1F.Cl. The van der Waals surface area contributed by atoms with Crippen molar-refractivity contribution in [3.63, 3.8) is 0 Å². The summed E-state index contributed by atoms with van der Waals surface area (Å²) in [6.45, 7) is 6.08. The zero-order chi connectivity index (χ0) is 17.1. The van der Waals surface area contributed by atoms with Crippen LogP contribution in [0.1, 0.15) is 24.8 Å². The van der Waals surface area contributed by atoms with Crippen molar-refractivity contribution in [1.82, 2.24) is 20.4 Å². The smallest absolute Gasteiger partial charge is 0.227 e. The average Bonchev–Trinajstić information content (AvgIpc) is 3.04. The highest BCUT2D eigenvalue weighted by Gasteiger charge is 2.23. The highest BCUT2D eigenvalue weighted by Crippen LogP contribution is 2.19. The number of hydrogen-bond donors (Lipinski definition) is 1. The molecule has 1 aliphatic rings. The second-order valence-corrected chi connectivity index (χ2v) is 6.12. The number of hydrogen-bond acceptors (Lipinski definition) is 5. The maximum absolute atomic E-state index is 13.6. The van der Waals surface area contributed by atoms with Gasteiger partial charge in [0.15, 0.2) is 0 Å². The van der Waals surface area contributed by atoms with E-state index in [1.54, 1.807) is 19.1 Å². The van der Waals surface area contributed by atoms with Gasteiger partial charge in [-0.05, 0) is 25.5 Å². The zero-order valence-electron chi connectivity index (χ0n) is 14.3. The lowest BCUT2D eigenvalue weighted by molar-refractivity contribution is -0.134. The van der Waals surface area contributed by atoms with Crippen molar-refractivity contribution in [3.8, 4) is 11.4 Å². The first kappa shape index (κ1) is 19.3. The van der Waals surface area contributed by atoms with E-state index in [0.29, 0.717) is 35.7 Å². The Morgan fingerprint density at radius 1 is 1.48 bits per heavy atom. The molecular formula is C17H22ClFN4O2. The predicted molar refractivity (Wildman–Crippen MR) is 94.0 cm³/mol. The minimum absolute atomic E-state index is 0. The van der Waals surface area contributed by atoms with Gasteiger partial charge in [0.25, 0.3) is 0 Å². The Morgan fingerprint density at radius 3 is 3.00 bits per heavy atom. The van der Waals surface area contributed by atoms with E-state index >= 15 is 0 Å². The minimum Gasteiger partial charge on any atom is -0.339 e. The number of aromatic nitrogens is 2. The van der Waals surface area contributed by atoms with E-state index in [1.807, 2.05) is 11.8 Å². The van der Waals surface area contributed by atoms with Crippen LogP contribution in [0.2, 0.25) is 0 Å². The number of aryl methyl sites for hydroxylation is 2. The van der Waals surface area contributed by atoms with Crippen LogP contribution in [-0.2, 0) is 11.2 Å². The average molecular weight is 369 g/mol. The van der Waals surface area contributed by atoms with Crippen molar-refractivity contribution in [1.29, 1.82) is 0 Å². The van der Waals surface area contributed by atoms with Crippen molar-refractivity contribution >= 4 is 18.3 Å². The molecule has 8 heteroatoms. The standard InChI is InChI=1S/C17H21FN4O2.ClH/c1-11-3-4-13(9-14(11)18)17-20-15(24-21-17)5-6-16(23)22-8-7-19-10-12(22)2;/h3-4,9,12,19H,5-8,10H2,1-2H3;1H/t12-;/m1./s1. The molecule has 1 N–H and O–H groups in total. The van der Waals surface area contributed by atoms with E-state index in [2.05, 4.69) is 15.5 Å². The molecule has 3 rings (SSSR count). The second-order valence-electron chi connectivity index (χ2n) is 6.12. The van der Waals surface area contributed by atoms with Gasteiger partial charge in [-0.2, -0.15) is 4.98 Å². The van der Waals surface area contributed by atoms with E-state index in [0.717, 1.165) is 19.6 Å². The molecule has 0 unspecified atom stereocenters. The number of carbonyl (C=O) groups is 1. The maximum atomic E-state index is 13.6. The topological polar surface area (TPSA) is 71.3 Å². The number of carbonyl (C=O) groups excluding carboxylic acids is 1. The number of halogens is 2. The Bertz CT molecular complexity index is 737. The van der Waals surface area contributed by atoms with Gasteiger partial charge in [0.1, 0.15) is 5.82 Å². The van der Waals surface area contributed by atoms with Gasteiger partial charge in [0.2, 0.25) is 17.6 Å². The Morgan fingerprint density at radius 2 is 2.28 bits per heavy atom. The molecule has 0 spiro atoms. The Hall–Kier alpha value is -1.99. The van der Waals surface area contributed by atoms with E-state index < -0.39 is 0 Å². The van der Waals surface area contributed by atoms with Crippen molar-refractivity contribution in [2.45, 2.75) is 32.7 Å². The molecule has 1 atom stereocenters. The van der Waals surface area contributed by atoms with Gasteiger partial charge in [-0.3, -0.25) is 4.79 Å². The van der Waals surface area contributed by atoms with Crippen LogP contribution in [0.25, 0.3) is 11.4 Å². The molecule has 0 aliphatic carbocycles.